The lowest BCUT2D eigenvalue weighted by atomic mass is 9.83. The van der Waals surface area contributed by atoms with Crippen LogP contribution >= 0.6 is 0 Å². The van der Waals surface area contributed by atoms with Crippen LogP contribution in [0.15, 0.2) is 0 Å². The summed E-state index contributed by atoms with van der Waals surface area (Å²) in [6, 6.07) is 0.0826. The van der Waals surface area contributed by atoms with Gasteiger partial charge in [0.15, 0.2) is 0 Å². The largest absolute Gasteiger partial charge is 0.480 e. The quantitative estimate of drug-likeness (QED) is 0.781. The fraction of sp³-hybridized carbons (Fsp3) is 0.923. The molecule has 0 aromatic heterocycles. The number of carboxylic acids is 1. The predicted molar refractivity (Wildman–Crippen MR) is 67.0 cm³/mol. The normalized spacial score (nSPS) is 30.1. The van der Waals surface area contributed by atoms with Gasteiger partial charge in [0.1, 0.15) is 6.04 Å². The average molecular weight is 240 g/mol. The minimum Gasteiger partial charge on any atom is -0.480 e. The van der Waals surface area contributed by atoms with Gasteiger partial charge in [0, 0.05) is 25.7 Å². The second-order valence-corrected chi connectivity index (χ2v) is 5.43. The summed E-state index contributed by atoms with van der Waals surface area (Å²) in [6.45, 7) is 4.60. The fourth-order valence-electron chi connectivity index (χ4n) is 3.32. The van der Waals surface area contributed by atoms with Crippen molar-refractivity contribution in [1.82, 2.24) is 10.2 Å². The van der Waals surface area contributed by atoms with Crippen molar-refractivity contribution in [1.29, 1.82) is 0 Å². The summed E-state index contributed by atoms with van der Waals surface area (Å²) in [4.78, 5) is 13.5. The highest BCUT2D eigenvalue weighted by Crippen LogP contribution is 2.30. The first-order valence-electron chi connectivity index (χ1n) is 6.89. The number of piperazine rings is 1. The summed E-state index contributed by atoms with van der Waals surface area (Å²) in [5, 5.41) is 12.5. The number of aliphatic carboxylic acids is 1. The van der Waals surface area contributed by atoms with Gasteiger partial charge in [-0.15, -0.1) is 0 Å². The summed E-state index contributed by atoms with van der Waals surface area (Å²) in [5.41, 5.74) is 0. The Morgan fingerprint density at radius 2 is 2.06 bits per heavy atom. The molecule has 0 radical (unpaired) electrons. The second kappa shape index (κ2) is 5.83. The molecule has 1 aliphatic carbocycles. The molecule has 2 unspecified atom stereocenters. The maximum absolute atomic E-state index is 11.3. The molecule has 4 nitrogen and oxygen atoms in total. The van der Waals surface area contributed by atoms with Crippen LogP contribution in [0.25, 0.3) is 0 Å². The summed E-state index contributed by atoms with van der Waals surface area (Å²) in [5.74, 6) is 0.0172. The van der Waals surface area contributed by atoms with E-state index >= 15 is 0 Å². The molecule has 0 aromatic carbocycles. The molecule has 2 fully saturated rings. The standard InChI is InChI=1S/C13H24N2O2/c1-10(11-5-3-2-4-6-11)15-8-7-14-9-12(15)13(16)17/h10-12,14H,2-9H2,1H3,(H,16,17). The van der Waals surface area contributed by atoms with Crippen LogP contribution in [-0.4, -0.2) is 47.7 Å². The zero-order valence-electron chi connectivity index (χ0n) is 10.7. The van der Waals surface area contributed by atoms with E-state index in [9.17, 15) is 9.90 Å². The number of rotatable bonds is 3. The minimum absolute atomic E-state index is 0.333. The highest BCUT2D eigenvalue weighted by molar-refractivity contribution is 5.74. The maximum Gasteiger partial charge on any atom is 0.322 e. The zero-order valence-corrected chi connectivity index (χ0v) is 10.7. The molecule has 17 heavy (non-hydrogen) atoms. The summed E-state index contributed by atoms with van der Waals surface area (Å²) < 4.78 is 0. The number of nitrogens with one attached hydrogen (secondary N) is 1. The molecule has 0 spiro atoms. The van der Waals surface area contributed by atoms with Gasteiger partial charge in [-0.3, -0.25) is 9.69 Å². The lowest BCUT2D eigenvalue weighted by Crippen LogP contribution is -2.59. The molecule has 2 atom stereocenters. The van der Waals surface area contributed by atoms with Gasteiger partial charge in [-0.2, -0.15) is 0 Å². The molecule has 4 heteroatoms. The Bertz CT molecular complexity index is 264. The van der Waals surface area contributed by atoms with Gasteiger partial charge in [0.25, 0.3) is 0 Å². The van der Waals surface area contributed by atoms with E-state index in [0.717, 1.165) is 13.1 Å². The summed E-state index contributed by atoms with van der Waals surface area (Å²) >= 11 is 0. The third kappa shape index (κ3) is 2.99. The van der Waals surface area contributed by atoms with Crippen LogP contribution in [0.4, 0.5) is 0 Å². The van der Waals surface area contributed by atoms with Crippen LogP contribution in [0.2, 0.25) is 0 Å². The highest BCUT2D eigenvalue weighted by Gasteiger charge is 2.34. The maximum atomic E-state index is 11.3. The molecule has 1 saturated carbocycles. The first-order valence-corrected chi connectivity index (χ1v) is 6.89. The SMILES string of the molecule is CC(C1CCCCC1)N1CCNCC1C(=O)O. The smallest absolute Gasteiger partial charge is 0.322 e. The molecule has 1 aliphatic heterocycles. The molecule has 2 N–H and O–H groups in total. The van der Waals surface area contributed by atoms with Crippen molar-refractivity contribution in [3.05, 3.63) is 0 Å². The Labute approximate surface area is 103 Å². The van der Waals surface area contributed by atoms with Crippen LogP contribution in [0.3, 0.4) is 0 Å². The summed E-state index contributed by atoms with van der Waals surface area (Å²) in [6.07, 6.45) is 6.54. The van der Waals surface area contributed by atoms with Gasteiger partial charge in [-0.1, -0.05) is 19.3 Å². The van der Waals surface area contributed by atoms with Crippen LogP contribution in [0, 0.1) is 5.92 Å². The lowest BCUT2D eigenvalue weighted by Gasteiger charge is -2.42. The Hall–Kier alpha value is -0.610. The van der Waals surface area contributed by atoms with E-state index in [2.05, 4.69) is 17.1 Å². The van der Waals surface area contributed by atoms with E-state index in [1.54, 1.807) is 0 Å². The van der Waals surface area contributed by atoms with Crippen molar-refractivity contribution in [2.24, 2.45) is 5.92 Å². The molecule has 2 rings (SSSR count). The van der Waals surface area contributed by atoms with Crippen LogP contribution < -0.4 is 5.32 Å². The fourth-order valence-corrected chi connectivity index (χ4v) is 3.32. The van der Waals surface area contributed by atoms with Gasteiger partial charge in [-0.05, 0) is 25.7 Å². The molecule has 1 saturated heterocycles. The monoisotopic (exact) mass is 240 g/mol. The molecule has 1 heterocycles. The summed E-state index contributed by atoms with van der Waals surface area (Å²) in [7, 11) is 0. The first-order chi connectivity index (χ1) is 8.20. The molecule has 2 aliphatic rings. The van der Waals surface area contributed by atoms with E-state index in [1.807, 2.05) is 0 Å². The third-order valence-electron chi connectivity index (χ3n) is 4.43. The van der Waals surface area contributed by atoms with Gasteiger partial charge in [0.2, 0.25) is 0 Å². The van der Waals surface area contributed by atoms with E-state index in [4.69, 9.17) is 0 Å². The Balaban J connectivity index is 1.99. The third-order valence-corrected chi connectivity index (χ3v) is 4.43. The minimum atomic E-state index is -0.681. The van der Waals surface area contributed by atoms with Crippen LogP contribution in [-0.2, 0) is 4.79 Å². The second-order valence-electron chi connectivity index (χ2n) is 5.43. The molecule has 0 amide bonds. The van der Waals surface area contributed by atoms with Crippen molar-refractivity contribution >= 4 is 5.97 Å². The van der Waals surface area contributed by atoms with Crippen molar-refractivity contribution in [3.63, 3.8) is 0 Å². The van der Waals surface area contributed by atoms with Crippen molar-refractivity contribution in [2.45, 2.75) is 51.1 Å². The van der Waals surface area contributed by atoms with Gasteiger partial charge in [0.05, 0.1) is 0 Å². The number of nitrogens with zero attached hydrogens (tertiary/aromatic N) is 1. The molecular formula is C13H24N2O2. The van der Waals surface area contributed by atoms with Crippen LogP contribution in [0.5, 0.6) is 0 Å². The van der Waals surface area contributed by atoms with Crippen LogP contribution in [0.1, 0.15) is 39.0 Å². The topological polar surface area (TPSA) is 52.6 Å². The highest BCUT2D eigenvalue weighted by atomic mass is 16.4. The van der Waals surface area contributed by atoms with Crippen molar-refractivity contribution < 1.29 is 9.90 Å². The van der Waals surface area contributed by atoms with Gasteiger partial charge < -0.3 is 10.4 Å². The average Bonchev–Trinajstić information content (AvgIpc) is 2.39. The van der Waals surface area contributed by atoms with E-state index in [1.165, 1.54) is 32.1 Å². The predicted octanol–water partition coefficient (Wildman–Crippen LogP) is 1.31. The molecule has 98 valence electrons. The van der Waals surface area contributed by atoms with E-state index < -0.39 is 5.97 Å². The first kappa shape index (κ1) is 12.8. The molecule has 0 bridgehead atoms. The number of carbonyl (C=O) groups is 1. The lowest BCUT2D eigenvalue weighted by molar-refractivity contribution is -0.145. The number of hydrogen-bond donors (Lipinski definition) is 2. The van der Waals surface area contributed by atoms with Crippen molar-refractivity contribution in [3.8, 4) is 0 Å². The number of carboxylic acid groups (broad SMARTS) is 1. The Kier molecular flexibility index (Phi) is 4.40. The molecular weight excluding hydrogens is 216 g/mol. The van der Waals surface area contributed by atoms with Crippen molar-refractivity contribution in [2.75, 3.05) is 19.6 Å². The van der Waals surface area contributed by atoms with E-state index in [-0.39, 0.29) is 6.04 Å². The van der Waals surface area contributed by atoms with Gasteiger partial charge >= 0.3 is 5.97 Å². The Morgan fingerprint density at radius 1 is 1.35 bits per heavy atom. The Morgan fingerprint density at radius 3 is 2.71 bits per heavy atom. The van der Waals surface area contributed by atoms with Gasteiger partial charge in [-0.25, -0.2) is 0 Å². The zero-order chi connectivity index (χ0) is 12.3. The number of hydrogen-bond acceptors (Lipinski definition) is 3. The molecule has 0 aromatic rings. The van der Waals surface area contributed by atoms with E-state index in [0.29, 0.717) is 18.5 Å².